The molecule has 2 unspecified atom stereocenters. The minimum atomic E-state index is -0.385. The van der Waals surface area contributed by atoms with E-state index in [0.717, 1.165) is 18.1 Å². The monoisotopic (exact) mass is 244 g/mol. The van der Waals surface area contributed by atoms with E-state index >= 15 is 0 Å². The minimum absolute atomic E-state index is 0.00917. The Morgan fingerprint density at radius 3 is 2.75 bits per heavy atom. The zero-order chi connectivity index (χ0) is 12.1. The number of carbonyl (C=O) groups excluding carboxylic acids is 2. The van der Waals surface area contributed by atoms with E-state index in [-0.39, 0.29) is 23.9 Å². The summed E-state index contributed by atoms with van der Waals surface area (Å²) in [5.74, 6) is 2.01. The highest BCUT2D eigenvalue weighted by Gasteiger charge is 2.30. The van der Waals surface area contributed by atoms with Gasteiger partial charge in [-0.25, -0.2) is 0 Å². The van der Waals surface area contributed by atoms with Crippen molar-refractivity contribution in [1.82, 2.24) is 10.2 Å². The first-order chi connectivity index (χ1) is 7.56. The van der Waals surface area contributed by atoms with Crippen molar-refractivity contribution in [1.29, 1.82) is 0 Å². The summed E-state index contributed by atoms with van der Waals surface area (Å²) in [6.07, 6.45) is 0.410. The zero-order valence-electron chi connectivity index (χ0n) is 10.2. The zero-order valence-corrected chi connectivity index (χ0v) is 11.0. The molecule has 0 aromatic carbocycles. The van der Waals surface area contributed by atoms with Gasteiger partial charge in [-0.1, -0.05) is 6.92 Å². The van der Waals surface area contributed by atoms with Gasteiger partial charge in [-0.3, -0.25) is 9.59 Å². The van der Waals surface area contributed by atoms with Crippen LogP contribution in [0.25, 0.3) is 0 Å². The van der Waals surface area contributed by atoms with E-state index in [1.807, 2.05) is 23.6 Å². The lowest BCUT2D eigenvalue weighted by molar-refractivity contribution is -0.134. The van der Waals surface area contributed by atoms with Crippen LogP contribution in [0.1, 0.15) is 27.2 Å². The Kier molecular flexibility index (Phi) is 5.12. The molecule has 0 aliphatic carbocycles. The van der Waals surface area contributed by atoms with Crippen LogP contribution in [-0.4, -0.2) is 46.8 Å². The summed E-state index contributed by atoms with van der Waals surface area (Å²) in [7, 11) is 0. The first-order valence-electron chi connectivity index (χ1n) is 5.73. The Morgan fingerprint density at radius 2 is 2.12 bits per heavy atom. The first kappa shape index (κ1) is 13.4. The minimum Gasteiger partial charge on any atom is -0.345 e. The fourth-order valence-electron chi connectivity index (χ4n) is 1.84. The molecule has 1 heterocycles. The Balaban J connectivity index is 2.63. The number of nitrogens with one attached hydrogen (secondary N) is 1. The molecule has 1 saturated heterocycles. The Bertz CT molecular complexity index is 271. The molecule has 0 aromatic heterocycles. The van der Waals surface area contributed by atoms with E-state index in [1.165, 1.54) is 0 Å². The summed E-state index contributed by atoms with van der Waals surface area (Å²) >= 11 is 1.82. The summed E-state index contributed by atoms with van der Waals surface area (Å²) in [6, 6.07) is -0.376. The number of thioether (sulfide) groups is 1. The SMILES string of the molecule is CCSCCN1C(=O)C(C)NC(=O)CC1C. The van der Waals surface area contributed by atoms with Crippen LogP contribution in [-0.2, 0) is 9.59 Å². The molecule has 1 aliphatic heterocycles. The summed E-state index contributed by atoms with van der Waals surface area (Å²) in [5, 5.41) is 2.71. The van der Waals surface area contributed by atoms with Crippen LogP contribution in [0.4, 0.5) is 0 Å². The van der Waals surface area contributed by atoms with E-state index in [9.17, 15) is 9.59 Å². The fourth-order valence-corrected chi connectivity index (χ4v) is 2.46. The van der Waals surface area contributed by atoms with Gasteiger partial charge < -0.3 is 10.2 Å². The Hall–Kier alpha value is -0.710. The lowest BCUT2D eigenvalue weighted by Gasteiger charge is -2.27. The Labute approximate surface area is 101 Å². The van der Waals surface area contributed by atoms with Crippen molar-refractivity contribution >= 4 is 23.6 Å². The maximum absolute atomic E-state index is 12.0. The van der Waals surface area contributed by atoms with Gasteiger partial charge in [0.25, 0.3) is 0 Å². The number of nitrogens with zero attached hydrogens (tertiary/aromatic N) is 1. The third-order valence-corrected chi connectivity index (χ3v) is 3.60. The molecular formula is C11H20N2O2S. The van der Waals surface area contributed by atoms with E-state index in [1.54, 1.807) is 6.92 Å². The molecule has 1 fully saturated rings. The van der Waals surface area contributed by atoms with Crippen molar-refractivity contribution < 1.29 is 9.59 Å². The van der Waals surface area contributed by atoms with Crippen LogP contribution in [0, 0.1) is 0 Å². The van der Waals surface area contributed by atoms with E-state index in [4.69, 9.17) is 0 Å². The number of carbonyl (C=O) groups is 2. The van der Waals surface area contributed by atoms with Crippen molar-refractivity contribution in [2.45, 2.75) is 39.3 Å². The highest BCUT2D eigenvalue weighted by Crippen LogP contribution is 2.12. The molecule has 1 rings (SSSR count). The van der Waals surface area contributed by atoms with Gasteiger partial charge in [-0.2, -0.15) is 11.8 Å². The second-order valence-electron chi connectivity index (χ2n) is 4.07. The largest absolute Gasteiger partial charge is 0.345 e. The predicted octanol–water partition coefficient (Wildman–Crippen LogP) is 0.865. The standard InChI is InChI=1S/C11H20N2O2S/c1-4-16-6-5-13-8(2)7-10(14)12-9(3)11(13)15/h8-9H,4-7H2,1-3H3,(H,12,14). The van der Waals surface area contributed by atoms with Crippen LogP contribution in [0.2, 0.25) is 0 Å². The normalized spacial score (nSPS) is 26.6. The van der Waals surface area contributed by atoms with E-state index in [0.29, 0.717) is 6.42 Å². The molecule has 1 aliphatic rings. The molecule has 0 saturated carbocycles. The smallest absolute Gasteiger partial charge is 0.245 e. The van der Waals surface area contributed by atoms with Gasteiger partial charge >= 0.3 is 0 Å². The van der Waals surface area contributed by atoms with Crippen molar-refractivity contribution in [2.75, 3.05) is 18.1 Å². The lowest BCUT2D eigenvalue weighted by atomic mass is 10.2. The van der Waals surface area contributed by atoms with Gasteiger partial charge in [-0.15, -0.1) is 0 Å². The van der Waals surface area contributed by atoms with Crippen LogP contribution >= 0.6 is 11.8 Å². The average molecular weight is 244 g/mol. The molecule has 5 heteroatoms. The number of amides is 2. The van der Waals surface area contributed by atoms with Gasteiger partial charge in [0.05, 0.1) is 0 Å². The number of hydrogen-bond acceptors (Lipinski definition) is 3. The maximum Gasteiger partial charge on any atom is 0.245 e. The molecule has 1 N–H and O–H groups in total. The fraction of sp³-hybridized carbons (Fsp3) is 0.818. The van der Waals surface area contributed by atoms with Gasteiger partial charge in [0.2, 0.25) is 11.8 Å². The van der Waals surface area contributed by atoms with Gasteiger partial charge in [0.15, 0.2) is 0 Å². The maximum atomic E-state index is 12.0. The molecular weight excluding hydrogens is 224 g/mol. The third kappa shape index (κ3) is 3.40. The molecule has 0 bridgehead atoms. The number of rotatable bonds is 4. The van der Waals surface area contributed by atoms with E-state index < -0.39 is 0 Å². The van der Waals surface area contributed by atoms with Crippen molar-refractivity contribution in [3.63, 3.8) is 0 Å². The summed E-state index contributed by atoms with van der Waals surface area (Å²) in [5.41, 5.74) is 0. The van der Waals surface area contributed by atoms with E-state index in [2.05, 4.69) is 12.2 Å². The summed E-state index contributed by atoms with van der Waals surface area (Å²) in [4.78, 5) is 25.3. The van der Waals surface area contributed by atoms with Gasteiger partial charge in [-0.05, 0) is 19.6 Å². The molecule has 2 amide bonds. The second-order valence-corrected chi connectivity index (χ2v) is 5.46. The molecule has 0 spiro atoms. The molecule has 92 valence electrons. The van der Waals surface area contributed by atoms with Gasteiger partial charge in [0, 0.05) is 24.8 Å². The molecule has 4 nitrogen and oxygen atoms in total. The highest BCUT2D eigenvalue weighted by atomic mass is 32.2. The molecule has 2 atom stereocenters. The third-order valence-electron chi connectivity index (χ3n) is 2.72. The van der Waals surface area contributed by atoms with Crippen molar-refractivity contribution in [3.05, 3.63) is 0 Å². The molecule has 16 heavy (non-hydrogen) atoms. The van der Waals surface area contributed by atoms with Crippen LogP contribution in [0.15, 0.2) is 0 Å². The van der Waals surface area contributed by atoms with Gasteiger partial charge in [0.1, 0.15) is 6.04 Å². The topological polar surface area (TPSA) is 49.4 Å². The second kappa shape index (κ2) is 6.13. The number of hydrogen-bond donors (Lipinski definition) is 1. The highest BCUT2D eigenvalue weighted by molar-refractivity contribution is 7.99. The molecule has 0 radical (unpaired) electrons. The van der Waals surface area contributed by atoms with Crippen molar-refractivity contribution in [2.24, 2.45) is 0 Å². The predicted molar refractivity (Wildman–Crippen MR) is 66.4 cm³/mol. The quantitative estimate of drug-likeness (QED) is 0.746. The first-order valence-corrected chi connectivity index (χ1v) is 6.89. The lowest BCUT2D eigenvalue weighted by Crippen LogP contribution is -2.45. The van der Waals surface area contributed by atoms with Crippen LogP contribution in [0.5, 0.6) is 0 Å². The molecule has 0 aromatic rings. The Morgan fingerprint density at radius 1 is 1.44 bits per heavy atom. The van der Waals surface area contributed by atoms with Crippen LogP contribution < -0.4 is 5.32 Å². The summed E-state index contributed by atoms with van der Waals surface area (Å²) in [6.45, 7) is 6.52. The van der Waals surface area contributed by atoms with Crippen LogP contribution in [0.3, 0.4) is 0 Å². The average Bonchev–Trinajstić information content (AvgIpc) is 2.30. The summed E-state index contributed by atoms with van der Waals surface area (Å²) < 4.78 is 0. The van der Waals surface area contributed by atoms with Crippen molar-refractivity contribution in [3.8, 4) is 0 Å².